The van der Waals surface area contributed by atoms with Gasteiger partial charge in [-0.2, -0.15) is 0 Å². The van der Waals surface area contributed by atoms with Crippen LogP contribution in [0.2, 0.25) is 0 Å². The number of aliphatic carboxylic acids is 1. The molecule has 3 nitrogen and oxygen atoms in total. The molecule has 4 heteroatoms. The van der Waals surface area contributed by atoms with Crippen LogP contribution in [0.5, 0.6) is 0 Å². The molecule has 0 atom stereocenters. The quantitative estimate of drug-likeness (QED) is 0.649. The maximum absolute atomic E-state index is 10.2. The number of hydrogen-bond donors (Lipinski definition) is 2. The van der Waals surface area contributed by atoms with Gasteiger partial charge in [-0.1, -0.05) is 6.08 Å². The van der Waals surface area contributed by atoms with Crippen molar-refractivity contribution < 1.29 is 9.90 Å². The summed E-state index contributed by atoms with van der Waals surface area (Å²) in [7, 11) is 0. The van der Waals surface area contributed by atoms with Gasteiger partial charge in [0.1, 0.15) is 0 Å². The highest BCUT2D eigenvalue weighted by Gasteiger charge is 1.99. The summed E-state index contributed by atoms with van der Waals surface area (Å²) in [6.07, 6.45) is 1.61. The molecule has 0 aromatic rings. The first kappa shape index (κ1) is 11.3. The first-order valence-electron chi connectivity index (χ1n) is 3.79. The Labute approximate surface area is 77.4 Å². The van der Waals surface area contributed by atoms with Gasteiger partial charge < -0.3 is 10.4 Å². The summed E-state index contributed by atoms with van der Waals surface area (Å²) in [5.41, 5.74) is 0.772. The predicted molar refractivity (Wildman–Crippen MR) is 49.3 cm³/mol. The van der Waals surface area contributed by atoms with Crippen molar-refractivity contribution in [1.82, 2.24) is 5.32 Å². The minimum Gasteiger partial charge on any atom is -0.481 e. The van der Waals surface area contributed by atoms with Gasteiger partial charge >= 0.3 is 5.97 Å². The maximum atomic E-state index is 10.2. The van der Waals surface area contributed by atoms with Crippen molar-refractivity contribution in [3.05, 3.63) is 11.8 Å². The fraction of sp³-hybridized carbons (Fsp3) is 0.625. The topological polar surface area (TPSA) is 49.3 Å². The summed E-state index contributed by atoms with van der Waals surface area (Å²) in [5, 5.41) is 11.4. The van der Waals surface area contributed by atoms with Crippen LogP contribution in [0.3, 0.4) is 0 Å². The molecular formula is C8H14ClNO2. The van der Waals surface area contributed by atoms with Gasteiger partial charge in [0.2, 0.25) is 0 Å². The molecule has 0 bridgehead atoms. The van der Waals surface area contributed by atoms with E-state index >= 15 is 0 Å². The third-order valence-corrected chi connectivity index (χ3v) is 1.43. The van der Waals surface area contributed by atoms with Crippen LogP contribution in [0, 0.1) is 0 Å². The standard InChI is InChI=1S/C8H14ClNO2/c1-6(2)10-7(5-9)3-4-8(11)12/h3,6,10H,4-5H2,1-2H3,(H,11,12). The normalized spacial score (nSPS) is 11.8. The Morgan fingerprint density at radius 1 is 1.67 bits per heavy atom. The van der Waals surface area contributed by atoms with Crippen LogP contribution in [0.25, 0.3) is 0 Å². The molecule has 0 amide bonds. The maximum Gasteiger partial charge on any atom is 0.307 e. The third kappa shape index (κ3) is 6.04. The van der Waals surface area contributed by atoms with Gasteiger partial charge in [0.15, 0.2) is 0 Å². The number of alkyl halides is 1. The Morgan fingerprint density at radius 2 is 2.25 bits per heavy atom. The summed E-state index contributed by atoms with van der Waals surface area (Å²) >= 11 is 5.57. The van der Waals surface area contributed by atoms with E-state index in [1.54, 1.807) is 6.08 Å². The minimum absolute atomic E-state index is 0.0156. The third-order valence-electron chi connectivity index (χ3n) is 1.14. The van der Waals surface area contributed by atoms with Crippen LogP contribution in [0.15, 0.2) is 11.8 Å². The number of rotatable bonds is 5. The van der Waals surface area contributed by atoms with Crippen LogP contribution >= 0.6 is 11.6 Å². The van der Waals surface area contributed by atoms with Crippen molar-refractivity contribution in [1.29, 1.82) is 0 Å². The Hall–Kier alpha value is -0.700. The molecule has 0 aliphatic rings. The monoisotopic (exact) mass is 191 g/mol. The Balaban J connectivity index is 3.95. The van der Waals surface area contributed by atoms with E-state index in [9.17, 15) is 4.79 Å². The lowest BCUT2D eigenvalue weighted by atomic mass is 10.3. The smallest absolute Gasteiger partial charge is 0.307 e. The molecule has 0 rings (SSSR count). The van der Waals surface area contributed by atoms with Crippen LogP contribution in [0.1, 0.15) is 20.3 Å². The van der Waals surface area contributed by atoms with E-state index in [1.165, 1.54) is 0 Å². The number of halogens is 1. The molecule has 0 unspecified atom stereocenters. The summed E-state index contributed by atoms with van der Waals surface area (Å²) in [6, 6.07) is 0.281. The van der Waals surface area contributed by atoms with E-state index in [4.69, 9.17) is 16.7 Å². The van der Waals surface area contributed by atoms with Gasteiger partial charge in [-0.25, -0.2) is 0 Å². The van der Waals surface area contributed by atoms with E-state index < -0.39 is 5.97 Å². The second-order valence-electron chi connectivity index (χ2n) is 2.76. The summed E-state index contributed by atoms with van der Waals surface area (Å²) in [5.74, 6) is -0.519. The van der Waals surface area contributed by atoms with E-state index in [-0.39, 0.29) is 12.5 Å². The van der Waals surface area contributed by atoms with Crippen LogP contribution in [-0.4, -0.2) is 23.0 Å². The van der Waals surface area contributed by atoms with Gasteiger partial charge in [-0.15, -0.1) is 11.6 Å². The number of carboxylic acids is 1. The van der Waals surface area contributed by atoms with Crippen LogP contribution in [-0.2, 0) is 4.79 Å². The van der Waals surface area contributed by atoms with Crippen molar-refractivity contribution in [2.75, 3.05) is 5.88 Å². The average molecular weight is 192 g/mol. The molecule has 0 fully saturated rings. The van der Waals surface area contributed by atoms with Crippen molar-refractivity contribution >= 4 is 17.6 Å². The number of nitrogens with one attached hydrogen (secondary N) is 1. The summed E-state index contributed by atoms with van der Waals surface area (Å²) in [6.45, 7) is 3.95. The number of carboxylic acid groups (broad SMARTS) is 1. The Bertz CT molecular complexity index is 178. The van der Waals surface area contributed by atoms with Crippen molar-refractivity contribution in [3.8, 4) is 0 Å². The highest BCUT2D eigenvalue weighted by Crippen LogP contribution is 1.97. The molecule has 0 saturated heterocycles. The fourth-order valence-corrected chi connectivity index (χ4v) is 0.920. The lowest BCUT2D eigenvalue weighted by Gasteiger charge is -2.10. The van der Waals surface area contributed by atoms with Crippen molar-refractivity contribution in [2.45, 2.75) is 26.3 Å². The first-order chi connectivity index (χ1) is 5.56. The molecule has 0 saturated carbocycles. The van der Waals surface area contributed by atoms with Gasteiger partial charge in [0.05, 0.1) is 12.3 Å². The average Bonchev–Trinajstić information content (AvgIpc) is 1.97. The minimum atomic E-state index is -0.844. The number of carbonyl (C=O) groups is 1. The Kier molecular flexibility index (Phi) is 5.54. The lowest BCUT2D eigenvalue weighted by molar-refractivity contribution is -0.136. The van der Waals surface area contributed by atoms with Crippen LogP contribution < -0.4 is 5.32 Å². The second kappa shape index (κ2) is 5.89. The van der Waals surface area contributed by atoms with E-state index in [2.05, 4.69) is 5.32 Å². The summed E-state index contributed by atoms with van der Waals surface area (Å²) < 4.78 is 0. The molecule has 0 aliphatic carbocycles. The van der Waals surface area contributed by atoms with E-state index in [0.29, 0.717) is 5.88 Å². The van der Waals surface area contributed by atoms with Crippen molar-refractivity contribution in [2.24, 2.45) is 0 Å². The largest absolute Gasteiger partial charge is 0.481 e. The highest BCUT2D eigenvalue weighted by molar-refractivity contribution is 6.19. The van der Waals surface area contributed by atoms with Crippen LogP contribution in [0.4, 0.5) is 0 Å². The molecule has 12 heavy (non-hydrogen) atoms. The molecule has 0 aromatic carbocycles. The molecule has 0 aromatic heterocycles. The molecular weight excluding hydrogens is 178 g/mol. The van der Waals surface area contributed by atoms with Gasteiger partial charge in [-0.3, -0.25) is 4.79 Å². The van der Waals surface area contributed by atoms with Gasteiger partial charge in [0.25, 0.3) is 0 Å². The highest BCUT2D eigenvalue weighted by atomic mass is 35.5. The SMILES string of the molecule is CC(C)NC(=CCC(=O)O)CCl. The zero-order chi connectivity index (χ0) is 9.56. The fourth-order valence-electron chi connectivity index (χ4n) is 0.733. The molecule has 0 radical (unpaired) electrons. The molecule has 0 spiro atoms. The van der Waals surface area contributed by atoms with Gasteiger partial charge in [0, 0.05) is 11.7 Å². The van der Waals surface area contributed by atoms with Gasteiger partial charge in [-0.05, 0) is 13.8 Å². The van der Waals surface area contributed by atoms with E-state index in [1.807, 2.05) is 13.8 Å². The molecule has 0 heterocycles. The Morgan fingerprint density at radius 3 is 2.58 bits per heavy atom. The zero-order valence-electron chi connectivity index (χ0n) is 7.30. The molecule has 0 aliphatic heterocycles. The number of hydrogen-bond acceptors (Lipinski definition) is 2. The first-order valence-corrected chi connectivity index (χ1v) is 4.33. The number of allylic oxidation sites excluding steroid dienone is 1. The lowest BCUT2D eigenvalue weighted by Crippen LogP contribution is -2.23. The zero-order valence-corrected chi connectivity index (χ0v) is 8.06. The van der Waals surface area contributed by atoms with Crippen molar-refractivity contribution in [3.63, 3.8) is 0 Å². The second-order valence-corrected chi connectivity index (χ2v) is 3.03. The molecule has 2 N–H and O–H groups in total. The van der Waals surface area contributed by atoms with E-state index in [0.717, 1.165) is 5.70 Å². The molecule has 70 valence electrons. The predicted octanol–water partition coefficient (Wildman–Crippen LogP) is 1.58. The summed E-state index contributed by atoms with van der Waals surface area (Å²) in [4.78, 5) is 10.2.